The molecule has 19 heavy (non-hydrogen) atoms. The molecule has 2 N–H and O–H groups in total. The molecule has 0 aromatic carbocycles. The smallest absolute Gasteiger partial charge is 0.0716 e. The van der Waals surface area contributed by atoms with Crippen LogP contribution in [0.2, 0.25) is 0 Å². The van der Waals surface area contributed by atoms with Crippen LogP contribution in [0.4, 0.5) is 0 Å². The second kappa shape index (κ2) is 6.30. The van der Waals surface area contributed by atoms with Crippen LogP contribution in [0.25, 0.3) is 0 Å². The summed E-state index contributed by atoms with van der Waals surface area (Å²) >= 11 is 3.50. The molecule has 0 fully saturated rings. The van der Waals surface area contributed by atoms with Gasteiger partial charge in [0.15, 0.2) is 0 Å². The average molecular weight is 323 g/mol. The van der Waals surface area contributed by atoms with Crippen LogP contribution < -0.4 is 5.73 Å². The number of rotatable bonds is 5. The highest BCUT2D eigenvalue weighted by molar-refractivity contribution is 9.10. The van der Waals surface area contributed by atoms with Gasteiger partial charge in [-0.3, -0.25) is 9.67 Å². The lowest BCUT2D eigenvalue weighted by molar-refractivity contribution is 0.579. The molecule has 0 amide bonds. The van der Waals surface area contributed by atoms with Gasteiger partial charge >= 0.3 is 0 Å². The van der Waals surface area contributed by atoms with Gasteiger partial charge in [0.25, 0.3) is 0 Å². The van der Waals surface area contributed by atoms with Crippen LogP contribution in [0, 0.1) is 0 Å². The topological polar surface area (TPSA) is 56.7 Å². The van der Waals surface area contributed by atoms with E-state index in [2.05, 4.69) is 45.9 Å². The Balaban J connectivity index is 2.21. The number of aromatic nitrogens is 3. The molecule has 5 heteroatoms. The van der Waals surface area contributed by atoms with Crippen LogP contribution in [0.3, 0.4) is 0 Å². The Hall–Kier alpha value is -1.20. The Morgan fingerprint density at radius 1 is 1.42 bits per heavy atom. The number of pyridine rings is 1. The van der Waals surface area contributed by atoms with Crippen molar-refractivity contribution in [2.75, 3.05) is 0 Å². The fraction of sp³-hybridized carbons (Fsp3) is 0.429. The SMILES string of the molecule is CCc1cc(CC(N)c2ncccc2Br)n(CC)n1. The average Bonchev–Trinajstić information content (AvgIpc) is 2.81. The summed E-state index contributed by atoms with van der Waals surface area (Å²) in [6, 6.07) is 5.88. The van der Waals surface area contributed by atoms with E-state index in [4.69, 9.17) is 5.73 Å². The van der Waals surface area contributed by atoms with Crippen molar-refractivity contribution in [3.05, 3.63) is 46.0 Å². The predicted octanol–water partition coefficient (Wildman–Crippen LogP) is 2.87. The largest absolute Gasteiger partial charge is 0.322 e. The molecular formula is C14H19BrN4. The zero-order valence-electron chi connectivity index (χ0n) is 11.3. The molecule has 1 unspecified atom stereocenters. The molecule has 0 aliphatic carbocycles. The van der Waals surface area contributed by atoms with E-state index >= 15 is 0 Å². The van der Waals surface area contributed by atoms with Crippen molar-refractivity contribution in [3.63, 3.8) is 0 Å². The van der Waals surface area contributed by atoms with Crippen LogP contribution in [-0.2, 0) is 19.4 Å². The number of hydrogen-bond donors (Lipinski definition) is 1. The number of nitrogens with two attached hydrogens (primary N) is 1. The second-order valence-corrected chi connectivity index (χ2v) is 5.33. The highest BCUT2D eigenvalue weighted by atomic mass is 79.9. The first-order valence-electron chi connectivity index (χ1n) is 6.57. The molecule has 1 atom stereocenters. The van der Waals surface area contributed by atoms with Gasteiger partial charge in [0.2, 0.25) is 0 Å². The quantitative estimate of drug-likeness (QED) is 0.920. The molecule has 0 bridgehead atoms. The lowest BCUT2D eigenvalue weighted by atomic mass is 10.1. The van der Waals surface area contributed by atoms with Gasteiger partial charge in [0.05, 0.1) is 17.4 Å². The van der Waals surface area contributed by atoms with Crippen molar-refractivity contribution < 1.29 is 0 Å². The third-order valence-electron chi connectivity index (χ3n) is 3.14. The van der Waals surface area contributed by atoms with Gasteiger partial charge in [-0.1, -0.05) is 6.92 Å². The van der Waals surface area contributed by atoms with E-state index in [1.54, 1.807) is 6.20 Å². The molecule has 2 rings (SSSR count). The fourth-order valence-electron chi connectivity index (χ4n) is 2.12. The highest BCUT2D eigenvalue weighted by Gasteiger charge is 2.15. The first kappa shape index (κ1) is 14.2. The normalized spacial score (nSPS) is 12.6. The van der Waals surface area contributed by atoms with Crippen molar-refractivity contribution in [1.29, 1.82) is 0 Å². The van der Waals surface area contributed by atoms with Crippen LogP contribution >= 0.6 is 15.9 Å². The third-order valence-corrected chi connectivity index (χ3v) is 3.81. The van der Waals surface area contributed by atoms with Gasteiger partial charge in [-0.2, -0.15) is 5.10 Å². The molecule has 2 heterocycles. The minimum Gasteiger partial charge on any atom is -0.322 e. The summed E-state index contributed by atoms with van der Waals surface area (Å²) in [7, 11) is 0. The summed E-state index contributed by atoms with van der Waals surface area (Å²) in [6.45, 7) is 5.07. The maximum absolute atomic E-state index is 6.27. The zero-order chi connectivity index (χ0) is 13.8. The number of aryl methyl sites for hydroxylation is 2. The summed E-state index contributed by atoms with van der Waals surface area (Å²) in [6.07, 6.45) is 3.47. The van der Waals surface area contributed by atoms with Crippen LogP contribution in [-0.4, -0.2) is 14.8 Å². The minimum atomic E-state index is -0.123. The summed E-state index contributed by atoms with van der Waals surface area (Å²) in [4.78, 5) is 4.36. The zero-order valence-corrected chi connectivity index (χ0v) is 12.9. The second-order valence-electron chi connectivity index (χ2n) is 4.48. The number of hydrogen-bond acceptors (Lipinski definition) is 3. The van der Waals surface area contributed by atoms with Gasteiger partial charge in [-0.05, 0) is 47.5 Å². The van der Waals surface area contributed by atoms with Crippen molar-refractivity contribution in [1.82, 2.24) is 14.8 Å². The van der Waals surface area contributed by atoms with Crippen molar-refractivity contribution in [3.8, 4) is 0 Å². The summed E-state index contributed by atoms with van der Waals surface area (Å²) in [5.41, 5.74) is 9.45. The standard InChI is InChI=1S/C14H19BrN4/c1-3-10-8-11(19(4-2)18-10)9-13(16)14-12(15)6-5-7-17-14/h5-8,13H,3-4,9,16H2,1-2H3. The van der Waals surface area contributed by atoms with Gasteiger partial charge in [0.1, 0.15) is 0 Å². The summed E-state index contributed by atoms with van der Waals surface area (Å²) in [5, 5.41) is 4.55. The van der Waals surface area contributed by atoms with Crippen molar-refractivity contribution in [2.24, 2.45) is 5.73 Å². The molecule has 0 aliphatic rings. The van der Waals surface area contributed by atoms with Crippen LogP contribution in [0.5, 0.6) is 0 Å². The van der Waals surface area contributed by atoms with Crippen LogP contribution in [0.1, 0.15) is 37.0 Å². The Labute approximate surface area is 122 Å². The van der Waals surface area contributed by atoms with Crippen molar-refractivity contribution >= 4 is 15.9 Å². The predicted molar refractivity (Wildman–Crippen MR) is 79.8 cm³/mol. The van der Waals surface area contributed by atoms with Gasteiger partial charge < -0.3 is 5.73 Å². The molecular weight excluding hydrogens is 304 g/mol. The molecule has 0 saturated heterocycles. The van der Waals surface area contributed by atoms with Crippen molar-refractivity contribution in [2.45, 2.75) is 39.3 Å². The maximum Gasteiger partial charge on any atom is 0.0716 e. The summed E-state index contributed by atoms with van der Waals surface area (Å²) in [5.74, 6) is 0. The minimum absolute atomic E-state index is 0.123. The first-order chi connectivity index (χ1) is 9.15. The molecule has 0 radical (unpaired) electrons. The van der Waals surface area contributed by atoms with E-state index in [1.165, 1.54) is 5.69 Å². The molecule has 4 nitrogen and oxygen atoms in total. The number of halogens is 1. The molecule has 2 aromatic heterocycles. The molecule has 0 saturated carbocycles. The maximum atomic E-state index is 6.27. The van der Waals surface area contributed by atoms with E-state index < -0.39 is 0 Å². The Morgan fingerprint density at radius 3 is 2.84 bits per heavy atom. The number of nitrogens with zero attached hydrogens (tertiary/aromatic N) is 3. The highest BCUT2D eigenvalue weighted by Crippen LogP contribution is 2.22. The molecule has 102 valence electrons. The van der Waals surface area contributed by atoms with Gasteiger partial charge in [0, 0.05) is 29.3 Å². The summed E-state index contributed by atoms with van der Waals surface area (Å²) < 4.78 is 2.98. The fourth-order valence-corrected chi connectivity index (χ4v) is 2.67. The lowest BCUT2D eigenvalue weighted by Crippen LogP contribution is -2.17. The van der Waals surface area contributed by atoms with Crippen LogP contribution in [0.15, 0.2) is 28.9 Å². The molecule has 2 aromatic rings. The van der Waals surface area contributed by atoms with E-state index in [0.29, 0.717) is 0 Å². The Bertz CT molecular complexity index is 550. The molecule has 0 aliphatic heterocycles. The van der Waals surface area contributed by atoms with E-state index in [9.17, 15) is 0 Å². The van der Waals surface area contributed by atoms with E-state index in [1.807, 2.05) is 16.8 Å². The van der Waals surface area contributed by atoms with Gasteiger partial charge in [-0.25, -0.2) is 0 Å². The van der Waals surface area contributed by atoms with E-state index in [-0.39, 0.29) is 6.04 Å². The first-order valence-corrected chi connectivity index (χ1v) is 7.36. The van der Waals surface area contributed by atoms with Gasteiger partial charge in [-0.15, -0.1) is 0 Å². The monoisotopic (exact) mass is 322 g/mol. The Kier molecular flexibility index (Phi) is 4.71. The Morgan fingerprint density at radius 2 is 2.21 bits per heavy atom. The third kappa shape index (κ3) is 3.22. The molecule has 0 spiro atoms. The lowest BCUT2D eigenvalue weighted by Gasteiger charge is -2.13. The van der Waals surface area contributed by atoms with E-state index in [0.717, 1.165) is 35.2 Å².